The number of esters is 1. The summed E-state index contributed by atoms with van der Waals surface area (Å²) in [6.45, 7) is 1.58. The molecule has 8 heteroatoms. The maximum Gasteiger partial charge on any atom is 0.356 e. The van der Waals surface area contributed by atoms with E-state index in [0.717, 1.165) is 16.8 Å². The molecule has 3 aromatic rings. The van der Waals surface area contributed by atoms with E-state index in [1.165, 1.54) is 17.3 Å². The number of carbonyl (C=O) groups excluding carboxylic acids is 2. The zero-order valence-electron chi connectivity index (χ0n) is 15.2. The Morgan fingerprint density at radius 3 is 2.75 bits per heavy atom. The molecule has 28 heavy (non-hydrogen) atoms. The van der Waals surface area contributed by atoms with Gasteiger partial charge in [0.15, 0.2) is 6.61 Å². The predicted octanol–water partition coefficient (Wildman–Crippen LogP) is 2.85. The van der Waals surface area contributed by atoms with Gasteiger partial charge in [-0.15, -0.1) is 0 Å². The summed E-state index contributed by atoms with van der Waals surface area (Å²) in [6, 6.07) is 12.6. The van der Waals surface area contributed by atoms with Crippen LogP contribution >= 0.6 is 0 Å². The summed E-state index contributed by atoms with van der Waals surface area (Å²) in [7, 11) is 0. The number of hydrazone groups is 1. The van der Waals surface area contributed by atoms with Crippen LogP contribution in [0.15, 0.2) is 64.4 Å². The summed E-state index contributed by atoms with van der Waals surface area (Å²) in [5, 5.41) is 12.0. The Bertz CT molecular complexity index is 992. The summed E-state index contributed by atoms with van der Waals surface area (Å²) in [5.74, 6) is -0.460. The molecule has 1 aliphatic heterocycles. The Labute approximate surface area is 160 Å². The highest BCUT2D eigenvalue weighted by atomic mass is 16.5. The van der Waals surface area contributed by atoms with E-state index in [9.17, 15) is 9.59 Å². The van der Waals surface area contributed by atoms with Crippen LogP contribution in [0.5, 0.6) is 0 Å². The van der Waals surface area contributed by atoms with Crippen molar-refractivity contribution in [2.75, 3.05) is 6.61 Å². The minimum absolute atomic E-state index is 0.181. The van der Waals surface area contributed by atoms with Gasteiger partial charge in [0.1, 0.15) is 17.5 Å². The molecule has 0 radical (unpaired) electrons. The number of nitrogens with zero attached hydrogens (tertiary/aromatic N) is 3. The van der Waals surface area contributed by atoms with E-state index in [4.69, 9.17) is 9.15 Å². The molecule has 1 aromatic carbocycles. The standard InChI is InChI=1S/C20H18N4O4/c1-13-4-6-14(7-5-13)16-11-17(18-3-2-10-27-18)24(23-16)19(25)12-28-20(26)15-8-9-21-22-15/h2-10,17H,11-12H2,1H3,(H,21,22). The first-order valence-corrected chi connectivity index (χ1v) is 8.78. The number of furan rings is 1. The highest BCUT2D eigenvalue weighted by Crippen LogP contribution is 2.33. The number of H-pyrrole nitrogens is 1. The second-order valence-corrected chi connectivity index (χ2v) is 6.43. The minimum Gasteiger partial charge on any atom is -0.467 e. The van der Waals surface area contributed by atoms with Gasteiger partial charge in [0.2, 0.25) is 0 Å². The van der Waals surface area contributed by atoms with Crippen LogP contribution in [0.25, 0.3) is 0 Å². The summed E-state index contributed by atoms with van der Waals surface area (Å²) in [6.07, 6.45) is 3.50. The maximum atomic E-state index is 12.7. The molecule has 1 atom stereocenters. The molecular weight excluding hydrogens is 360 g/mol. The zero-order chi connectivity index (χ0) is 19.5. The molecule has 0 aliphatic carbocycles. The topological polar surface area (TPSA) is 101 Å². The minimum atomic E-state index is -0.651. The Kier molecular flexibility index (Phi) is 4.76. The van der Waals surface area contributed by atoms with Crippen LogP contribution in [0, 0.1) is 6.92 Å². The second kappa shape index (κ2) is 7.51. The number of carbonyl (C=O) groups is 2. The number of benzene rings is 1. The molecule has 1 amide bonds. The fourth-order valence-corrected chi connectivity index (χ4v) is 3.00. The molecule has 0 saturated heterocycles. The van der Waals surface area contributed by atoms with E-state index in [2.05, 4.69) is 15.3 Å². The van der Waals surface area contributed by atoms with Gasteiger partial charge in [-0.3, -0.25) is 9.89 Å². The van der Waals surface area contributed by atoms with Gasteiger partial charge < -0.3 is 9.15 Å². The monoisotopic (exact) mass is 378 g/mol. The Hall–Kier alpha value is -3.68. The van der Waals surface area contributed by atoms with E-state index in [0.29, 0.717) is 12.2 Å². The third kappa shape index (κ3) is 3.57. The van der Waals surface area contributed by atoms with E-state index in [-0.39, 0.29) is 11.7 Å². The van der Waals surface area contributed by atoms with Crippen molar-refractivity contribution >= 4 is 17.6 Å². The Balaban J connectivity index is 1.53. The van der Waals surface area contributed by atoms with Crippen LogP contribution < -0.4 is 0 Å². The lowest BCUT2D eigenvalue weighted by Gasteiger charge is -2.19. The maximum absolute atomic E-state index is 12.7. The predicted molar refractivity (Wildman–Crippen MR) is 99.5 cm³/mol. The van der Waals surface area contributed by atoms with Gasteiger partial charge in [0, 0.05) is 12.6 Å². The Morgan fingerprint density at radius 1 is 1.25 bits per heavy atom. The van der Waals surface area contributed by atoms with Crippen molar-refractivity contribution in [1.29, 1.82) is 0 Å². The molecule has 1 aliphatic rings. The van der Waals surface area contributed by atoms with E-state index in [1.54, 1.807) is 18.4 Å². The van der Waals surface area contributed by atoms with Crippen molar-refractivity contribution in [2.45, 2.75) is 19.4 Å². The van der Waals surface area contributed by atoms with Crippen molar-refractivity contribution in [3.05, 3.63) is 77.5 Å². The van der Waals surface area contributed by atoms with E-state index >= 15 is 0 Å². The smallest absolute Gasteiger partial charge is 0.356 e. The molecule has 4 rings (SSSR count). The van der Waals surface area contributed by atoms with Crippen LogP contribution in [0.3, 0.4) is 0 Å². The molecule has 1 N–H and O–H groups in total. The van der Waals surface area contributed by atoms with E-state index in [1.807, 2.05) is 31.2 Å². The van der Waals surface area contributed by atoms with Crippen molar-refractivity contribution in [1.82, 2.24) is 15.2 Å². The lowest BCUT2D eigenvalue weighted by molar-refractivity contribution is -0.136. The first kappa shape index (κ1) is 17.7. The SMILES string of the molecule is Cc1ccc(C2=NN(C(=O)COC(=O)c3ccn[nH]3)C(c3ccco3)C2)cc1. The number of aromatic amines is 1. The lowest BCUT2D eigenvalue weighted by Crippen LogP contribution is -2.31. The molecule has 142 valence electrons. The molecule has 0 bridgehead atoms. The molecule has 2 aromatic heterocycles. The number of nitrogens with one attached hydrogen (secondary N) is 1. The Morgan fingerprint density at radius 2 is 2.07 bits per heavy atom. The van der Waals surface area contributed by atoms with Crippen LogP contribution in [-0.2, 0) is 9.53 Å². The van der Waals surface area contributed by atoms with E-state index < -0.39 is 18.5 Å². The third-order valence-electron chi connectivity index (χ3n) is 4.47. The van der Waals surface area contributed by atoms with Crippen molar-refractivity contribution in [3.8, 4) is 0 Å². The van der Waals surface area contributed by atoms with Crippen molar-refractivity contribution < 1.29 is 18.7 Å². The second-order valence-electron chi connectivity index (χ2n) is 6.43. The largest absolute Gasteiger partial charge is 0.467 e. The van der Waals surface area contributed by atoms with Crippen LogP contribution in [0.4, 0.5) is 0 Å². The number of hydrogen-bond acceptors (Lipinski definition) is 6. The van der Waals surface area contributed by atoms with Crippen LogP contribution in [0.1, 0.15) is 39.8 Å². The molecule has 0 saturated carbocycles. The first-order valence-electron chi connectivity index (χ1n) is 8.78. The summed E-state index contributed by atoms with van der Waals surface area (Å²) in [4.78, 5) is 24.7. The molecule has 1 unspecified atom stereocenters. The summed E-state index contributed by atoms with van der Waals surface area (Å²) in [5.41, 5.74) is 3.03. The number of ether oxygens (including phenoxy) is 1. The van der Waals surface area contributed by atoms with Gasteiger partial charge in [0.25, 0.3) is 5.91 Å². The fourth-order valence-electron chi connectivity index (χ4n) is 3.00. The summed E-state index contributed by atoms with van der Waals surface area (Å²) >= 11 is 0. The molecule has 0 fully saturated rings. The number of aryl methyl sites for hydroxylation is 1. The number of aromatic nitrogens is 2. The normalized spacial score (nSPS) is 16.1. The van der Waals surface area contributed by atoms with Gasteiger partial charge in [0.05, 0.1) is 12.0 Å². The third-order valence-corrected chi connectivity index (χ3v) is 4.47. The number of hydrogen-bond donors (Lipinski definition) is 1. The van der Waals surface area contributed by atoms with Gasteiger partial charge in [-0.05, 0) is 30.7 Å². The quantitative estimate of drug-likeness (QED) is 0.688. The van der Waals surface area contributed by atoms with Crippen molar-refractivity contribution in [3.63, 3.8) is 0 Å². The molecule has 0 spiro atoms. The molecule has 8 nitrogen and oxygen atoms in total. The fraction of sp³-hybridized carbons (Fsp3) is 0.200. The van der Waals surface area contributed by atoms with Gasteiger partial charge in [-0.25, -0.2) is 9.80 Å². The average Bonchev–Trinajstić information content (AvgIpc) is 3.47. The summed E-state index contributed by atoms with van der Waals surface area (Å²) < 4.78 is 10.6. The highest BCUT2D eigenvalue weighted by Gasteiger charge is 2.35. The van der Waals surface area contributed by atoms with Crippen molar-refractivity contribution in [2.24, 2.45) is 5.10 Å². The highest BCUT2D eigenvalue weighted by molar-refractivity contribution is 6.03. The average molecular weight is 378 g/mol. The molecule has 3 heterocycles. The number of amides is 1. The zero-order valence-corrected chi connectivity index (χ0v) is 15.2. The lowest BCUT2D eigenvalue weighted by atomic mass is 10.0. The number of rotatable bonds is 5. The van der Waals surface area contributed by atoms with Gasteiger partial charge in [-0.2, -0.15) is 10.2 Å². The molecular formula is C20H18N4O4. The van der Waals surface area contributed by atoms with Crippen LogP contribution in [-0.4, -0.2) is 39.4 Å². The van der Waals surface area contributed by atoms with Gasteiger partial charge in [-0.1, -0.05) is 29.8 Å². The van der Waals surface area contributed by atoms with Crippen LogP contribution in [0.2, 0.25) is 0 Å². The first-order chi connectivity index (χ1) is 13.6. The van der Waals surface area contributed by atoms with Gasteiger partial charge >= 0.3 is 5.97 Å².